The number of hydrogen-bond acceptors (Lipinski definition) is 3. The van der Waals surface area contributed by atoms with Gasteiger partial charge in [0.05, 0.1) is 17.2 Å². The average Bonchev–Trinajstić information content (AvgIpc) is 2.61. The zero-order chi connectivity index (χ0) is 20.8. The number of alkyl halides is 3. The number of carbonyl (C=O) groups is 1. The molecule has 1 heterocycles. The summed E-state index contributed by atoms with van der Waals surface area (Å²) in [6.45, 7) is 3.62. The highest BCUT2D eigenvalue weighted by Crippen LogP contribution is 2.58. The van der Waals surface area contributed by atoms with Gasteiger partial charge in [0, 0.05) is 6.54 Å². The van der Waals surface area contributed by atoms with Crippen LogP contribution in [0, 0.1) is 17.8 Å². The molecule has 1 aromatic rings. The summed E-state index contributed by atoms with van der Waals surface area (Å²) in [5.41, 5.74) is -1.89. The standard InChI is InChI=1S/C22H27F3N2O2/c1-20(2)19(28)27(18-15-7-13-8-16(18)11-21(29,9-13)10-15)26(20)12-14-5-3-4-6-17(14)22(23,24)25/h3-6,13,15-16,18,29H,7-12H2,1-2H3. The molecular formula is C22H27F3N2O2. The Hall–Kier alpha value is -1.60. The summed E-state index contributed by atoms with van der Waals surface area (Å²) in [6, 6.07) is 5.61. The van der Waals surface area contributed by atoms with Gasteiger partial charge in [-0.05, 0) is 75.3 Å². The van der Waals surface area contributed by atoms with Crippen LogP contribution in [0.5, 0.6) is 0 Å². The molecule has 0 spiro atoms. The zero-order valence-electron chi connectivity index (χ0n) is 16.7. The second-order valence-electron chi connectivity index (χ2n) is 10.1. The lowest BCUT2D eigenvalue weighted by Crippen LogP contribution is -2.79. The van der Waals surface area contributed by atoms with Crippen LogP contribution < -0.4 is 0 Å². The van der Waals surface area contributed by atoms with Crippen LogP contribution in [-0.4, -0.2) is 38.2 Å². The third-order valence-corrected chi connectivity index (χ3v) is 7.75. The third-order valence-electron chi connectivity index (χ3n) is 7.75. The Kier molecular flexibility index (Phi) is 3.99. The highest BCUT2D eigenvalue weighted by molar-refractivity contribution is 5.90. The summed E-state index contributed by atoms with van der Waals surface area (Å²) in [5, 5.41) is 14.4. The van der Waals surface area contributed by atoms with E-state index >= 15 is 0 Å². The summed E-state index contributed by atoms with van der Waals surface area (Å²) in [6.07, 6.45) is -0.174. The van der Waals surface area contributed by atoms with Gasteiger partial charge in [-0.15, -0.1) is 0 Å². The monoisotopic (exact) mass is 408 g/mol. The number of carbonyl (C=O) groups excluding carboxylic acids is 1. The van der Waals surface area contributed by atoms with Crippen molar-refractivity contribution in [2.24, 2.45) is 17.8 Å². The highest BCUT2D eigenvalue weighted by atomic mass is 19.4. The molecule has 0 radical (unpaired) electrons. The molecule has 4 saturated carbocycles. The van der Waals surface area contributed by atoms with E-state index in [-0.39, 0.29) is 35.9 Å². The number of hydrogen-bond donors (Lipinski definition) is 1. The number of amides is 1. The van der Waals surface area contributed by atoms with Crippen LogP contribution in [0.15, 0.2) is 24.3 Å². The smallest absolute Gasteiger partial charge is 0.390 e. The van der Waals surface area contributed by atoms with Crippen molar-refractivity contribution in [2.45, 2.75) is 75.9 Å². The number of aliphatic hydroxyl groups is 1. The van der Waals surface area contributed by atoms with Gasteiger partial charge in [-0.3, -0.25) is 9.80 Å². The molecule has 0 aromatic heterocycles. The van der Waals surface area contributed by atoms with Gasteiger partial charge in [-0.1, -0.05) is 18.2 Å². The van der Waals surface area contributed by atoms with Crippen LogP contribution in [0.2, 0.25) is 0 Å². The van der Waals surface area contributed by atoms with Gasteiger partial charge in [0.15, 0.2) is 0 Å². The number of benzene rings is 1. The molecule has 1 N–H and O–H groups in total. The summed E-state index contributed by atoms with van der Waals surface area (Å²) in [7, 11) is 0. The minimum absolute atomic E-state index is 0.00889. The minimum atomic E-state index is -4.42. The summed E-state index contributed by atoms with van der Waals surface area (Å²) >= 11 is 0. The zero-order valence-corrected chi connectivity index (χ0v) is 16.7. The van der Waals surface area contributed by atoms with E-state index in [9.17, 15) is 23.1 Å². The van der Waals surface area contributed by atoms with E-state index in [0.29, 0.717) is 18.8 Å². The van der Waals surface area contributed by atoms with Crippen LogP contribution in [0.25, 0.3) is 0 Å². The summed E-state index contributed by atoms with van der Waals surface area (Å²) in [5.74, 6) is 0.947. The van der Waals surface area contributed by atoms with Crippen molar-refractivity contribution >= 4 is 5.91 Å². The molecule has 2 atom stereocenters. The maximum absolute atomic E-state index is 13.5. The summed E-state index contributed by atoms with van der Waals surface area (Å²) < 4.78 is 40.5. The van der Waals surface area contributed by atoms with Gasteiger partial charge in [0.25, 0.3) is 5.91 Å². The second-order valence-corrected chi connectivity index (χ2v) is 10.1. The molecule has 5 aliphatic rings. The first-order chi connectivity index (χ1) is 13.5. The number of rotatable bonds is 3. The molecular weight excluding hydrogens is 381 g/mol. The molecule has 6 rings (SSSR count). The Morgan fingerprint density at radius 3 is 2.31 bits per heavy atom. The van der Waals surface area contributed by atoms with Crippen molar-refractivity contribution in [1.29, 1.82) is 0 Å². The molecule has 29 heavy (non-hydrogen) atoms. The molecule has 7 heteroatoms. The predicted octanol–water partition coefficient (Wildman–Crippen LogP) is 3.98. The van der Waals surface area contributed by atoms with Crippen LogP contribution in [0.3, 0.4) is 0 Å². The molecule has 1 aliphatic heterocycles. The maximum Gasteiger partial charge on any atom is 0.416 e. The van der Waals surface area contributed by atoms with E-state index in [0.717, 1.165) is 25.3 Å². The Morgan fingerprint density at radius 2 is 1.72 bits per heavy atom. The Labute approximate surface area is 168 Å². The van der Waals surface area contributed by atoms with Gasteiger partial charge in [0.2, 0.25) is 0 Å². The van der Waals surface area contributed by atoms with Gasteiger partial charge in [-0.2, -0.15) is 18.2 Å². The van der Waals surface area contributed by atoms with Crippen LogP contribution in [-0.2, 0) is 17.5 Å². The molecule has 4 bridgehead atoms. The molecule has 2 unspecified atom stereocenters. The van der Waals surface area contributed by atoms with E-state index in [1.165, 1.54) is 12.1 Å². The summed E-state index contributed by atoms with van der Waals surface area (Å²) in [4.78, 5) is 13.1. The van der Waals surface area contributed by atoms with E-state index in [1.807, 2.05) is 5.01 Å². The fourth-order valence-electron chi connectivity index (χ4n) is 6.75. The largest absolute Gasteiger partial charge is 0.416 e. The number of halogens is 3. The van der Waals surface area contributed by atoms with Crippen molar-refractivity contribution < 1.29 is 23.1 Å². The minimum Gasteiger partial charge on any atom is -0.390 e. The normalized spacial score (nSPS) is 38.4. The van der Waals surface area contributed by atoms with Crippen molar-refractivity contribution in [3.8, 4) is 0 Å². The Bertz CT molecular complexity index is 837. The first kappa shape index (κ1) is 19.4. The molecule has 4 aliphatic carbocycles. The Balaban J connectivity index is 1.45. The van der Waals surface area contributed by atoms with E-state index in [4.69, 9.17) is 0 Å². The lowest BCUT2D eigenvalue weighted by molar-refractivity contribution is -0.262. The first-order valence-corrected chi connectivity index (χ1v) is 10.5. The molecule has 5 fully saturated rings. The van der Waals surface area contributed by atoms with Crippen molar-refractivity contribution in [3.05, 3.63) is 35.4 Å². The van der Waals surface area contributed by atoms with Crippen molar-refractivity contribution in [1.82, 2.24) is 10.0 Å². The molecule has 1 saturated heterocycles. The fourth-order valence-corrected chi connectivity index (χ4v) is 6.75. The number of nitrogens with zero attached hydrogens (tertiary/aromatic N) is 2. The van der Waals surface area contributed by atoms with Crippen molar-refractivity contribution in [3.63, 3.8) is 0 Å². The number of hydrazine groups is 1. The molecule has 1 aromatic carbocycles. The predicted molar refractivity (Wildman–Crippen MR) is 100 cm³/mol. The SMILES string of the molecule is CC1(C)C(=O)N(C2C3CC4CC2CC(O)(C4)C3)N1Cc1ccccc1C(F)(F)F. The Morgan fingerprint density at radius 1 is 1.10 bits per heavy atom. The van der Waals surface area contributed by atoms with Crippen LogP contribution in [0.4, 0.5) is 13.2 Å². The van der Waals surface area contributed by atoms with E-state index in [2.05, 4.69) is 0 Å². The van der Waals surface area contributed by atoms with Gasteiger partial charge in [0.1, 0.15) is 5.54 Å². The van der Waals surface area contributed by atoms with E-state index in [1.54, 1.807) is 24.9 Å². The van der Waals surface area contributed by atoms with Crippen LogP contribution >= 0.6 is 0 Å². The fraction of sp³-hybridized carbons (Fsp3) is 0.682. The lowest BCUT2D eigenvalue weighted by atomic mass is 9.52. The third kappa shape index (κ3) is 2.84. The van der Waals surface area contributed by atoms with Gasteiger partial charge < -0.3 is 5.11 Å². The quantitative estimate of drug-likeness (QED) is 0.823. The average molecular weight is 408 g/mol. The second kappa shape index (κ2) is 5.97. The van der Waals surface area contributed by atoms with Crippen LogP contribution in [0.1, 0.15) is 57.1 Å². The van der Waals surface area contributed by atoms with Gasteiger partial charge in [-0.25, -0.2) is 0 Å². The van der Waals surface area contributed by atoms with Gasteiger partial charge >= 0.3 is 6.18 Å². The molecule has 1 amide bonds. The molecule has 158 valence electrons. The van der Waals surface area contributed by atoms with E-state index < -0.39 is 22.9 Å². The molecule has 4 nitrogen and oxygen atoms in total. The first-order valence-electron chi connectivity index (χ1n) is 10.5. The maximum atomic E-state index is 13.5. The highest BCUT2D eigenvalue weighted by Gasteiger charge is 2.63. The topological polar surface area (TPSA) is 43.8 Å². The van der Waals surface area contributed by atoms with Crippen molar-refractivity contribution in [2.75, 3.05) is 0 Å². The lowest BCUT2D eigenvalue weighted by Gasteiger charge is -2.66.